The number of nitrogens with zero attached hydrogens (tertiary/aromatic N) is 2. The predicted octanol–water partition coefficient (Wildman–Crippen LogP) is 5.01. The molecule has 0 radical (unpaired) electrons. The summed E-state index contributed by atoms with van der Waals surface area (Å²) in [5, 5.41) is 14.4. The van der Waals surface area contributed by atoms with Crippen molar-refractivity contribution >= 4 is 42.3 Å². The fourth-order valence-electron chi connectivity index (χ4n) is 4.46. The molecule has 0 saturated carbocycles. The standard InChI is InChI=1S/C24H30ClN3O2.2ClH/c25-22-8-2-1-7-21(22)24(30)26-15-18-13-19(16-27-9-3-4-10-27)23(29)20(14-18)17-28-11-5-6-12-28;;/h1-2,7-8,13-14,29H,3-6,9-12,15-17H2,(H,26,30);2*1H. The van der Waals surface area contributed by atoms with Crippen LogP contribution in [0.1, 0.15) is 52.7 Å². The minimum Gasteiger partial charge on any atom is -0.507 e. The summed E-state index contributed by atoms with van der Waals surface area (Å²) >= 11 is 6.16. The van der Waals surface area contributed by atoms with Crippen LogP contribution in [-0.2, 0) is 19.6 Å². The van der Waals surface area contributed by atoms with E-state index in [4.69, 9.17) is 11.6 Å². The second kappa shape index (κ2) is 12.7. The first kappa shape index (κ1) is 26.7. The number of phenols is 1. The van der Waals surface area contributed by atoms with E-state index in [0.717, 1.165) is 56.0 Å². The number of hydrogen-bond acceptors (Lipinski definition) is 4. The SMILES string of the molecule is Cl.Cl.O=C(NCc1cc(CN2CCCC2)c(O)c(CN2CCCC2)c1)c1ccccc1Cl. The maximum absolute atomic E-state index is 12.6. The highest BCUT2D eigenvalue weighted by Gasteiger charge is 2.20. The molecule has 176 valence electrons. The lowest BCUT2D eigenvalue weighted by Crippen LogP contribution is -2.24. The second-order valence-electron chi connectivity index (χ2n) is 8.39. The van der Waals surface area contributed by atoms with Crippen molar-refractivity contribution in [2.45, 2.75) is 45.3 Å². The smallest absolute Gasteiger partial charge is 0.253 e. The van der Waals surface area contributed by atoms with Gasteiger partial charge in [-0.15, -0.1) is 24.8 Å². The van der Waals surface area contributed by atoms with E-state index in [1.807, 2.05) is 24.3 Å². The van der Waals surface area contributed by atoms with Crippen molar-refractivity contribution in [3.63, 3.8) is 0 Å². The molecule has 4 rings (SSSR count). The van der Waals surface area contributed by atoms with E-state index in [9.17, 15) is 9.90 Å². The van der Waals surface area contributed by atoms with Crippen LogP contribution in [0.4, 0.5) is 0 Å². The first-order chi connectivity index (χ1) is 14.6. The highest BCUT2D eigenvalue weighted by molar-refractivity contribution is 6.33. The van der Waals surface area contributed by atoms with E-state index >= 15 is 0 Å². The molecular weight excluding hydrogens is 469 g/mol. The Kier molecular flexibility index (Phi) is 10.6. The molecule has 1 amide bonds. The first-order valence-corrected chi connectivity index (χ1v) is 11.3. The Morgan fingerprint density at radius 2 is 1.41 bits per heavy atom. The molecule has 0 aliphatic carbocycles. The molecule has 8 heteroatoms. The van der Waals surface area contributed by atoms with Crippen molar-refractivity contribution in [2.24, 2.45) is 0 Å². The van der Waals surface area contributed by atoms with Gasteiger partial charge in [-0.25, -0.2) is 0 Å². The largest absolute Gasteiger partial charge is 0.507 e. The molecule has 2 aromatic carbocycles. The molecule has 2 N–H and O–H groups in total. The summed E-state index contributed by atoms with van der Waals surface area (Å²) in [7, 11) is 0. The van der Waals surface area contributed by atoms with Crippen molar-refractivity contribution in [2.75, 3.05) is 26.2 Å². The summed E-state index contributed by atoms with van der Waals surface area (Å²) in [6, 6.07) is 11.1. The normalized spacial score (nSPS) is 16.4. The maximum Gasteiger partial charge on any atom is 0.253 e. The van der Waals surface area contributed by atoms with Crippen molar-refractivity contribution in [3.05, 3.63) is 63.7 Å². The van der Waals surface area contributed by atoms with Crippen LogP contribution in [-0.4, -0.2) is 47.0 Å². The molecule has 2 heterocycles. The molecule has 2 fully saturated rings. The van der Waals surface area contributed by atoms with E-state index < -0.39 is 0 Å². The third-order valence-electron chi connectivity index (χ3n) is 6.08. The number of carbonyl (C=O) groups is 1. The van der Waals surface area contributed by atoms with E-state index in [1.165, 1.54) is 25.7 Å². The molecule has 2 aliphatic heterocycles. The minimum atomic E-state index is -0.184. The van der Waals surface area contributed by atoms with Gasteiger partial charge in [0.15, 0.2) is 0 Å². The fraction of sp³-hybridized carbons (Fsp3) is 0.458. The summed E-state index contributed by atoms with van der Waals surface area (Å²) in [5.41, 5.74) is 3.40. The van der Waals surface area contributed by atoms with Crippen molar-refractivity contribution in [3.8, 4) is 5.75 Å². The number of nitrogens with one attached hydrogen (secondary N) is 1. The number of phenolic OH excluding ortho intramolecular Hbond substituents is 1. The second-order valence-corrected chi connectivity index (χ2v) is 8.80. The number of rotatable bonds is 7. The van der Waals surface area contributed by atoms with Crippen molar-refractivity contribution in [1.29, 1.82) is 0 Å². The Bertz CT molecular complexity index is 859. The van der Waals surface area contributed by atoms with Gasteiger partial charge in [-0.1, -0.05) is 23.7 Å². The van der Waals surface area contributed by atoms with Gasteiger partial charge in [0.1, 0.15) is 5.75 Å². The molecule has 2 aliphatic rings. The number of hydrogen-bond donors (Lipinski definition) is 2. The van der Waals surface area contributed by atoms with E-state index in [1.54, 1.807) is 12.1 Å². The third kappa shape index (κ3) is 6.75. The Morgan fingerprint density at radius 3 is 1.91 bits per heavy atom. The van der Waals surface area contributed by atoms with Gasteiger partial charge >= 0.3 is 0 Å². The van der Waals surface area contributed by atoms with Crippen LogP contribution in [0.15, 0.2) is 36.4 Å². The highest BCUT2D eigenvalue weighted by Crippen LogP contribution is 2.29. The molecule has 0 aromatic heterocycles. The van der Waals surface area contributed by atoms with Gasteiger partial charge in [-0.2, -0.15) is 0 Å². The van der Waals surface area contributed by atoms with Gasteiger partial charge in [0, 0.05) is 30.8 Å². The Hall–Kier alpha value is -1.50. The van der Waals surface area contributed by atoms with Crippen LogP contribution in [0.5, 0.6) is 5.75 Å². The monoisotopic (exact) mass is 499 g/mol. The first-order valence-electron chi connectivity index (χ1n) is 10.9. The minimum absolute atomic E-state index is 0. The zero-order valence-corrected chi connectivity index (χ0v) is 20.6. The van der Waals surface area contributed by atoms with Gasteiger partial charge in [0.25, 0.3) is 5.91 Å². The average Bonchev–Trinajstić information content (AvgIpc) is 3.44. The summed E-state index contributed by atoms with van der Waals surface area (Å²) < 4.78 is 0. The lowest BCUT2D eigenvalue weighted by molar-refractivity contribution is 0.0951. The Morgan fingerprint density at radius 1 is 0.906 bits per heavy atom. The van der Waals surface area contributed by atoms with Gasteiger partial charge < -0.3 is 10.4 Å². The zero-order chi connectivity index (χ0) is 20.9. The predicted molar refractivity (Wildman–Crippen MR) is 134 cm³/mol. The quantitative estimate of drug-likeness (QED) is 0.561. The molecule has 0 unspecified atom stereocenters. The number of halogens is 3. The Balaban J connectivity index is 0.00000181. The molecule has 0 bridgehead atoms. The number of benzene rings is 2. The molecular formula is C24H32Cl3N3O2. The lowest BCUT2D eigenvalue weighted by atomic mass is 10.0. The fourth-order valence-corrected chi connectivity index (χ4v) is 4.68. The van der Waals surface area contributed by atoms with E-state index in [2.05, 4.69) is 15.1 Å². The zero-order valence-electron chi connectivity index (χ0n) is 18.2. The van der Waals surface area contributed by atoms with Gasteiger partial charge in [0.2, 0.25) is 0 Å². The summed E-state index contributed by atoms with van der Waals surface area (Å²) in [5.74, 6) is 0.228. The van der Waals surface area contributed by atoms with Gasteiger partial charge in [0.05, 0.1) is 10.6 Å². The lowest BCUT2D eigenvalue weighted by Gasteiger charge is -2.21. The number of carbonyl (C=O) groups excluding carboxylic acids is 1. The molecule has 2 aromatic rings. The van der Waals surface area contributed by atoms with Crippen LogP contribution >= 0.6 is 36.4 Å². The van der Waals surface area contributed by atoms with Crippen LogP contribution in [0.2, 0.25) is 5.02 Å². The molecule has 2 saturated heterocycles. The van der Waals surface area contributed by atoms with Crippen LogP contribution in [0, 0.1) is 0 Å². The highest BCUT2D eigenvalue weighted by atomic mass is 35.5. The number of likely N-dealkylation sites (tertiary alicyclic amines) is 2. The van der Waals surface area contributed by atoms with Crippen molar-refractivity contribution in [1.82, 2.24) is 15.1 Å². The Labute approximate surface area is 207 Å². The van der Waals surface area contributed by atoms with E-state index in [0.29, 0.717) is 22.9 Å². The van der Waals surface area contributed by atoms with Gasteiger partial charge in [-0.05, 0) is 81.7 Å². The summed E-state index contributed by atoms with van der Waals surface area (Å²) in [6.45, 7) is 6.23. The van der Waals surface area contributed by atoms with Crippen LogP contribution in [0.25, 0.3) is 0 Å². The average molecular weight is 501 g/mol. The van der Waals surface area contributed by atoms with Crippen LogP contribution < -0.4 is 5.32 Å². The number of amides is 1. The molecule has 0 atom stereocenters. The summed E-state index contributed by atoms with van der Waals surface area (Å²) in [4.78, 5) is 17.4. The molecule has 0 spiro atoms. The molecule has 32 heavy (non-hydrogen) atoms. The molecule has 5 nitrogen and oxygen atoms in total. The van der Waals surface area contributed by atoms with Gasteiger partial charge in [-0.3, -0.25) is 14.6 Å². The van der Waals surface area contributed by atoms with Crippen molar-refractivity contribution < 1.29 is 9.90 Å². The topological polar surface area (TPSA) is 55.8 Å². The maximum atomic E-state index is 12.6. The van der Waals surface area contributed by atoms with E-state index in [-0.39, 0.29) is 30.7 Å². The third-order valence-corrected chi connectivity index (χ3v) is 6.41. The summed E-state index contributed by atoms with van der Waals surface area (Å²) in [6.07, 6.45) is 4.87. The van der Waals surface area contributed by atoms with Crippen LogP contribution in [0.3, 0.4) is 0 Å². The number of aromatic hydroxyl groups is 1.